The van der Waals surface area contributed by atoms with Gasteiger partial charge in [0.1, 0.15) is 11.1 Å². The van der Waals surface area contributed by atoms with Crippen molar-refractivity contribution in [3.63, 3.8) is 0 Å². The second kappa shape index (κ2) is 5.50. The Labute approximate surface area is 114 Å². The molecule has 0 bridgehead atoms. The van der Waals surface area contributed by atoms with Gasteiger partial charge in [-0.3, -0.25) is 10.1 Å². The fourth-order valence-corrected chi connectivity index (χ4v) is 2.51. The number of aryl methyl sites for hydroxylation is 1. The molecule has 0 aliphatic carbocycles. The third-order valence-electron chi connectivity index (χ3n) is 2.39. The van der Waals surface area contributed by atoms with Crippen molar-refractivity contribution in [1.29, 1.82) is 5.26 Å². The predicted octanol–water partition coefficient (Wildman–Crippen LogP) is 3.32. The van der Waals surface area contributed by atoms with Crippen molar-refractivity contribution in [1.82, 2.24) is 4.98 Å². The first-order valence-corrected chi connectivity index (χ1v) is 6.22. The van der Waals surface area contributed by atoms with E-state index in [4.69, 9.17) is 5.26 Å². The number of benzene rings is 1. The van der Waals surface area contributed by atoms with E-state index in [9.17, 15) is 10.1 Å². The maximum Gasteiger partial charge on any atom is 0.283 e. The number of pyridine rings is 1. The zero-order valence-corrected chi connectivity index (χ0v) is 10.8. The molecule has 2 rings (SSSR count). The van der Waals surface area contributed by atoms with E-state index in [1.165, 1.54) is 6.07 Å². The Balaban J connectivity index is 2.45. The van der Waals surface area contributed by atoms with Crippen LogP contribution in [0.5, 0.6) is 0 Å². The van der Waals surface area contributed by atoms with Gasteiger partial charge in [-0.25, -0.2) is 4.98 Å². The first-order chi connectivity index (χ1) is 9.11. The van der Waals surface area contributed by atoms with Crippen LogP contribution in [0.3, 0.4) is 0 Å². The quantitative estimate of drug-likeness (QED) is 0.632. The van der Waals surface area contributed by atoms with Crippen LogP contribution in [0.1, 0.15) is 11.3 Å². The number of para-hydroxylation sites is 1. The summed E-state index contributed by atoms with van der Waals surface area (Å²) in [5.74, 6) is 0. The molecule has 0 unspecified atom stereocenters. The van der Waals surface area contributed by atoms with Gasteiger partial charge in [-0.1, -0.05) is 23.9 Å². The third-order valence-corrected chi connectivity index (χ3v) is 3.46. The molecule has 0 aliphatic rings. The third kappa shape index (κ3) is 2.89. The summed E-state index contributed by atoms with van der Waals surface area (Å²) in [4.78, 5) is 15.2. The lowest BCUT2D eigenvalue weighted by Gasteiger charge is -2.04. The number of nitrogens with zero attached hydrogens (tertiary/aromatic N) is 3. The highest BCUT2D eigenvalue weighted by Crippen LogP contribution is 2.35. The molecule has 2 aromatic rings. The first kappa shape index (κ1) is 13.1. The average molecular weight is 271 g/mol. The normalized spacial score (nSPS) is 9.89. The average Bonchev–Trinajstić information content (AvgIpc) is 2.39. The van der Waals surface area contributed by atoms with Gasteiger partial charge in [0.05, 0.1) is 15.4 Å². The van der Waals surface area contributed by atoms with E-state index in [0.717, 1.165) is 17.5 Å². The highest BCUT2D eigenvalue weighted by Gasteiger charge is 2.16. The SMILES string of the molecule is Cc1ccc(C#N)c(Sc2ccccc2[N+](=O)[O-])n1. The van der Waals surface area contributed by atoms with Gasteiger partial charge in [0, 0.05) is 11.8 Å². The van der Waals surface area contributed by atoms with Crippen LogP contribution in [0.4, 0.5) is 5.69 Å². The predicted molar refractivity (Wildman–Crippen MR) is 70.9 cm³/mol. The summed E-state index contributed by atoms with van der Waals surface area (Å²) >= 11 is 1.13. The molecule has 6 heteroatoms. The maximum absolute atomic E-state index is 10.9. The molecule has 0 radical (unpaired) electrons. The second-order valence-electron chi connectivity index (χ2n) is 3.74. The smallest absolute Gasteiger partial charge is 0.258 e. The summed E-state index contributed by atoms with van der Waals surface area (Å²) in [5, 5.41) is 20.5. The van der Waals surface area contributed by atoms with E-state index in [-0.39, 0.29) is 5.69 Å². The number of hydrogen-bond acceptors (Lipinski definition) is 5. The van der Waals surface area contributed by atoms with Crippen molar-refractivity contribution >= 4 is 17.4 Å². The first-order valence-electron chi connectivity index (χ1n) is 5.41. The minimum Gasteiger partial charge on any atom is -0.258 e. The van der Waals surface area contributed by atoms with Gasteiger partial charge in [-0.05, 0) is 25.1 Å². The number of rotatable bonds is 3. The van der Waals surface area contributed by atoms with Crippen molar-refractivity contribution in [3.05, 3.63) is 57.8 Å². The standard InChI is InChI=1S/C13H9N3O2S/c1-9-6-7-10(8-14)13(15-9)19-12-5-3-2-4-11(12)16(17)18/h2-7H,1H3. The highest BCUT2D eigenvalue weighted by molar-refractivity contribution is 7.99. The molecule has 1 aromatic carbocycles. The zero-order valence-electron chi connectivity index (χ0n) is 10.0. The Hall–Kier alpha value is -2.39. The molecule has 0 saturated heterocycles. The van der Waals surface area contributed by atoms with Crippen molar-refractivity contribution in [2.24, 2.45) is 0 Å². The van der Waals surface area contributed by atoms with Crippen LogP contribution in [0, 0.1) is 28.4 Å². The largest absolute Gasteiger partial charge is 0.283 e. The second-order valence-corrected chi connectivity index (χ2v) is 4.77. The number of nitro groups is 1. The van der Waals surface area contributed by atoms with Crippen molar-refractivity contribution < 1.29 is 4.92 Å². The van der Waals surface area contributed by atoms with Gasteiger partial charge >= 0.3 is 0 Å². The molecule has 94 valence electrons. The van der Waals surface area contributed by atoms with Crippen molar-refractivity contribution in [2.75, 3.05) is 0 Å². The Morgan fingerprint density at radius 1 is 1.32 bits per heavy atom. The van der Waals surface area contributed by atoms with Crippen LogP contribution in [0.25, 0.3) is 0 Å². The van der Waals surface area contributed by atoms with Crippen LogP contribution >= 0.6 is 11.8 Å². The topological polar surface area (TPSA) is 79.8 Å². The Morgan fingerprint density at radius 3 is 2.74 bits per heavy atom. The Bertz CT molecular complexity index is 680. The molecule has 1 heterocycles. The lowest BCUT2D eigenvalue weighted by Crippen LogP contribution is -1.93. The molecule has 19 heavy (non-hydrogen) atoms. The van der Waals surface area contributed by atoms with Gasteiger partial charge in [0.2, 0.25) is 0 Å². The van der Waals surface area contributed by atoms with Crippen LogP contribution < -0.4 is 0 Å². The molecule has 0 spiro atoms. The van der Waals surface area contributed by atoms with Crippen LogP contribution in [-0.4, -0.2) is 9.91 Å². The van der Waals surface area contributed by atoms with E-state index in [0.29, 0.717) is 15.5 Å². The summed E-state index contributed by atoms with van der Waals surface area (Å²) in [7, 11) is 0. The van der Waals surface area contributed by atoms with E-state index < -0.39 is 4.92 Å². The lowest BCUT2D eigenvalue weighted by atomic mass is 10.3. The van der Waals surface area contributed by atoms with Crippen molar-refractivity contribution in [3.8, 4) is 6.07 Å². The molecule has 1 aromatic heterocycles. The molecule has 0 N–H and O–H groups in total. The van der Waals surface area contributed by atoms with Crippen LogP contribution in [0.15, 0.2) is 46.3 Å². The van der Waals surface area contributed by atoms with Crippen molar-refractivity contribution in [2.45, 2.75) is 16.8 Å². The van der Waals surface area contributed by atoms with Gasteiger partial charge in [0.15, 0.2) is 0 Å². The zero-order chi connectivity index (χ0) is 13.8. The summed E-state index contributed by atoms with van der Waals surface area (Å²) in [6.45, 7) is 1.81. The summed E-state index contributed by atoms with van der Waals surface area (Å²) in [5.41, 5.74) is 1.19. The number of aromatic nitrogens is 1. The monoisotopic (exact) mass is 271 g/mol. The molecule has 5 nitrogen and oxygen atoms in total. The molecule has 0 atom stereocenters. The highest BCUT2D eigenvalue weighted by atomic mass is 32.2. The summed E-state index contributed by atoms with van der Waals surface area (Å²) < 4.78 is 0. The van der Waals surface area contributed by atoms with Gasteiger partial charge in [0.25, 0.3) is 5.69 Å². The molecular formula is C13H9N3O2S. The Kier molecular flexibility index (Phi) is 3.78. The number of nitro benzene ring substituents is 1. The van der Waals surface area contributed by atoms with E-state index in [2.05, 4.69) is 4.98 Å². The minimum atomic E-state index is -0.440. The fourth-order valence-electron chi connectivity index (χ4n) is 1.49. The molecule has 0 saturated carbocycles. The van der Waals surface area contributed by atoms with Gasteiger partial charge in [-0.15, -0.1) is 0 Å². The lowest BCUT2D eigenvalue weighted by molar-refractivity contribution is -0.387. The molecule has 0 amide bonds. The van der Waals surface area contributed by atoms with E-state index in [1.54, 1.807) is 30.3 Å². The maximum atomic E-state index is 10.9. The summed E-state index contributed by atoms with van der Waals surface area (Å²) in [6, 6.07) is 11.9. The molecule has 0 fully saturated rings. The number of nitriles is 1. The minimum absolute atomic E-state index is 0.0136. The Morgan fingerprint density at radius 2 is 2.05 bits per heavy atom. The summed E-state index contributed by atoms with van der Waals surface area (Å²) in [6.07, 6.45) is 0. The fraction of sp³-hybridized carbons (Fsp3) is 0.0769. The van der Waals surface area contributed by atoms with E-state index >= 15 is 0 Å². The van der Waals surface area contributed by atoms with Crippen LogP contribution in [-0.2, 0) is 0 Å². The number of hydrogen-bond donors (Lipinski definition) is 0. The van der Waals surface area contributed by atoms with Crippen LogP contribution in [0.2, 0.25) is 0 Å². The van der Waals surface area contributed by atoms with Gasteiger partial charge in [-0.2, -0.15) is 5.26 Å². The molecular weight excluding hydrogens is 262 g/mol. The van der Waals surface area contributed by atoms with Gasteiger partial charge < -0.3 is 0 Å². The molecule has 0 aliphatic heterocycles. The van der Waals surface area contributed by atoms with E-state index in [1.807, 2.05) is 13.0 Å².